The van der Waals surface area contributed by atoms with Crippen LogP contribution in [0.2, 0.25) is 10.0 Å². The predicted molar refractivity (Wildman–Crippen MR) is 83.1 cm³/mol. The van der Waals surface area contributed by atoms with Gasteiger partial charge >= 0.3 is 0 Å². The van der Waals surface area contributed by atoms with Crippen molar-refractivity contribution in [1.29, 1.82) is 0 Å². The fourth-order valence-corrected chi connectivity index (χ4v) is 2.94. The molecule has 0 spiro atoms. The van der Waals surface area contributed by atoms with Crippen LogP contribution in [0.4, 0.5) is 4.39 Å². The van der Waals surface area contributed by atoms with Gasteiger partial charge in [-0.15, -0.1) is 0 Å². The van der Waals surface area contributed by atoms with Crippen molar-refractivity contribution >= 4 is 23.2 Å². The molecule has 20 heavy (non-hydrogen) atoms. The second-order valence-corrected chi connectivity index (χ2v) is 5.44. The van der Waals surface area contributed by atoms with Crippen LogP contribution in [0, 0.1) is 12.7 Å². The van der Waals surface area contributed by atoms with Crippen molar-refractivity contribution in [1.82, 2.24) is 5.32 Å². The minimum Gasteiger partial charge on any atom is -0.306 e. The molecule has 0 aromatic heterocycles. The van der Waals surface area contributed by atoms with Crippen molar-refractivity contribution in [3.63, 3.8) is 0 Å². The van der Waals surface area contributed by atoms with Crippen molar-refractivity contribution in [2.75, 3.05) is 6.54 Å². The Morgan fingerprint density at radius 1 is 1.15 bits per heavy atom. The Labute approximate surface area is 128 Å². The van der Waals surface area contributed by atoms with E-state index in [-0.39, 0.29) is 11.9 Å². The Bertz CT molecular complexity index is 593. The van der Waals surface area contributed by atoms with Gasteiger partial charge in [0.05, 0.1) is 6.04 Å². The van der Waals surface area contributed by atoms with Gasteiger partial charge in [0, 0.05) is 15.6 Å². The summed E-state index contributed by atoms with van der Waals surface area (Å²) in [4.78, 5) is 0. The molecular weight excluding hydrogens is 296 g/mol. The van der Waals surface area contributed by atoms with Gasteiger partial charge in [0.25, 0.3) is 0 Å². The molecule has 1 atom stereocenters. The number of hydrogen-bond donors (Lipinski definition) is 1. The molecule has 106 valence electrons. The van der Waals surface area contributed by atoms with Gasteiger partial charge in [-0.25, -0.2) is 4.39 Å². The number of rotatable bonds is 4. The first-order valence-electron chi connectivity index (χ1n) is 6.48. The van der Waals surface area contributed by atoms with E-state index in [4.69, 9.17) is 23.2 Å². The second kappa shape index (κ2) is 6.57. The highest BCUT2D eigenvalue weighted by Gasteiger charge is 2.20. The van der Waals surface area contributed by atoms with Gasteiger partial charge in [-0.3, -0.25) is 0 Å². The lowest BCUT2D eigenvalue weighted by atomic mass is 9.94. The van der Waals surface area contributed by atoms with Crippen molar-refractivity contribution in [3.05, 3.63) is 69.0 Å². The van der Waals surface area contributed by atoms with Gasteiger partial charge in [-0.1, -0.05) is 42.3 Å². The molecule has 2 aromatic carbocycles. The van der Waals surface area contributed by atoms with E-state index in [2.05, 4.69) is 5.32 Å². The highest BCUT2D eigenvalue weighted by Crippen LogP contribution is 2.35. The first-order chi connectivity index (χ1) is 9.54. The van der Waals surface area contributed by atoms with E-state index >= 15 is 0 Å². The molecule has 0 aliphatic heterocycles. The van der Waals surface area contributed by atoms with E-state index in [1.807, 2.05) is 32.0 Å². The molecule has 2 rings (SSSR count). The maximum Gasteiger partial charge on any atom is 0.123 e. The standard InChI is InChI=1S/C16H16Cl2FN/c1-3-20-16(12-8-7-11(19)9-10(12)2)15-13(17)5-4-6-14(15)18/h4-9,16,20H,3H2,1-2H3. The zero-order valence-corrected chi connectivity index (χ0v) is 12.9. The van der Waals surface area contributed by atoms with E-state index in [9.17, 15) is 4.39 Å². The Hall–Kier alpha value is -1.09. The minimum atomic E-state index is -0.244. The highest BCUT2D eigenvalue weighted by atomic mass is 35.5. The molecule has 0 saturated carbocycles. The molecule has 0 radical (unpaired) electrons. The quantitative estimate of drug-likeness (QED) is 0.824. The average Bonchev–Trinajstić information content (AvgIpc) is 2.38. The molecule has 1 N–H and O–H groups in total. The van der Waals surface area contributed by atoms with Gasteiger partial charge in [-0.2, -0.15) is 0 Å². The third-order valence-electron chi connectivity index (χ3n) is 3.24. The third-order valence-corrected chi connectivity index (χ3v) is 3.90. The Balaban J connectivity index is 2.56. The van der Waals surface area contributed by atoms with Crippen molar-refractivity contribution in [3.8, 4) is 0 Å². The SMILES string of the molecule is CCNC(c1ccc(F)cc1C)c1c(Cl)cccc1Cl. The van der Waals surface area contributed by atoms with Gasteiger partial charge in [-0.05, 0) is 48.9 Å². The van der Waals surface area contributed by atoms with Gasteiger partial charge in [0.15, 0.2) is 0 Å². The molecule has 0 fully saturated rings. The normalized spacial score (nSPS) is 12.4. The summed E-state index contributed by atoms with van der Waals surface area (Å²) in [5, 5.41) is 4.57. The largest absolute Gasteiger partial charge is 0.306 e. The Kier molecular flexibility index (Phi) is 5.03. The van der Waals surface area contributed by atoms with Crippen LogP contribution in [-0.2, 0) is 0 Å². The fraction of sp³-hybridized carbons (Fsp3) is 0.250. The van der Waals surface area contributed by atoms with E-state index in [1.165, 1.54) is 12.1 Å². The summed E-state index contributed by atoms with van der Waals surface area (Å²) in [5.74, 6) is -0.244. The number of benzene rings is 2. The third kappa shape index (κ3) is 3.14. The van der Waals surface area contributed by atoms with E-state index in [0.717, 1.165) is 23.2 Å². The fourth-order valence-electron chi connectivity index (χ4n) is 2.32. The summed E-state index contributed by atoms with van der Waals surface area (Å²) < 4.78 is 13.3. The lowest BCUT2D eigenvalue weighted by Gasteiger charge is -2.23. The molecule has 0 amide bonds. The van der Waals surface area contributed by atoms with Crippen LogP contribution in [0.1, 0.15) is 29.7 Å². The monoisotopic (exact) mass is 311 g/mol. The van der Waals surface area contributed by atoms with Crippen molar-refractivity contribution in [2.24, 2.45) is 0 Å². The van der Waals surface area contributed by atoms with E-state index in [1.54, 1.807) is 6.07 Å². The lowest BCUT2D eigenvalue weighted by Crippen LogP contribution is -2.23. The highest BCUT2D eigenvalue weighted by molar-refractivity contribution is 6.36. The summed E-state index contributed by atoms with van der Waals surface area (Å²) in [6.07, 6.45) is 0. The molecule has 1 unspecified atom stereocenters. The molecule has 0 saturated heterocycles. The van der Waals surface area contributed by atoms with Crippen LogP contribution in [0.5, 0.6) is 0 Å². The average molecular weight is 312 g/mol. The van der Waals surface area contributed by atoms with Crippen LogP contribution in [0.25, 0.3) is 0 Å². The number of halogens is 3. The first-order valence-corrected chi connectivity index (χ1v) is 7.23. The van der Waals surface area contributed by atoms with E-state index in [0.29, 0.717) is 10.0 Å². The maximum absolute atomic E-state index is 13.3. The number of hydrogen-bond acceptors (Lipinski definition) is 1. The first kappa shape index (κ1) is 15.3. The predicted octanol–water partition coefficient (Wildman–Crippen LogP) is 5.14. The van der Waals surface area contributed by atoms with Gasteiger partial charge in [0.1, 0.15) is 5.82 Å². The summed E-state index contributed by atoms with van der Waals surface area (Å²) >= 11 is 12.6. The molecule has 0 aliphatic carbocycles. The zero-order chi connectivity index (χ0) is 14.7. The molecule has 0 bridgehead atoms. The van der Waals surface area contributed by atoms with Crippen LogP contribution < -0.4 is 5.32 Å². The van der Waals surface area contributed by atoms with Crippen LogP contribution in [-0.4, -0.2) is 6.54 Å². The van der Waals surface area contributed by atoms with Gasteiger partial charge in [0.2, 0.25) is 0 Å². The molecular formula is C16H16Cl2FN. The molecule has 2 aromatic rings. The smallest absolute Gasteiger partial charge is 0.123 e. The van der Waals surface area contributed by atoms with Crippen molar-refractivity contribution < 1.29 is 4.39 Å². The maximum atomic E-state index is 13.3. The zero-order valence-electron chi connectivity index (χ0n) is 11.4. The van der Waals surface area contributed by atoms with Crippen LogP contribution in [0.15, 0.2) is 36.4 Å². The van der Waals surface area contributed by atoms with Crippen LogP contribution in [0.3, 0.4) is 0 Å². The molecule has 1 nitrogen and oxygen atoms in total. The molecule has 0 heterocycles. The van der Waals surface area contributed by atoms with Gasteiger partial charge < -0.3 is 5.32 Å². The topological polar surface area (TPSA) is 12.0 Å². The Morgan fingerprint density at radius 3 is 2.35 bits per heavy atom. The summed E-state index contributed by atoms with van der Waals surface area (Å²) in [5.41, 5.74) is 2.67. The number of aryl methyl sites for hydroxylation is 1. The van der Waals surface area contributed by atoms with Crippen molar-refractivity contribution in [2.45, 2.75) is 19.9 Å². The molecule has 4 heteroatoms. The molecule has 0 aliphatic rings. The Morgan fingerprint density at radius 2 is 1.80 bits per heavy atom. The summed E-state index contributed by atoms with van der Waals surface area (Å²) in [6, 6.07) is 10.0. The van der Waals surface area contributed by atoms with E-state index < -0.39 is 0 Å². The summed E-state index contributed by atoms with van der Waals surface area (Å²) in [6.45, 7) is 4.65. The summed E-state index contributed by atoms with van der Waals surface area (Å²) in [7, 11) is 0. The van der Waals surface area contributed by atoms with Crippen LogP contribution >= 0.6 is 23.2 Å². The lowest BCUT2D eigenvalue weighted by molar-refractivity contribution is 0.610. The second-order valence-electron chi connectivity index (χ2n) is 4.63. The minimum absolute atomic E-state index is 0.151. The number of nitrogens with one attached hydrogen (secondary N) is 1.